The molecule has 0 spiro atoms. The molecule has 1 unspecified atom stereocenters. The second-order valence-electron chi connectivity index (χ2n) is 5.45. The zero-order valence-corrected chi connectivity index (χ0v) is 13.3. The van der Waals surface area contributed by atoms with Gasteiger partial charge in [-0.2, -0.15) is 5.10 Å². The average Bonchev–Trinajstić information content (AvgIpc) is 2.93. The van der Waals surface area contributed by atoms with Crippen molar-refractivity contribution in [3.63, 3.8) is 0 Å². The second kappa shape index (κ2) is 6.04. The highest BCUT2D eigenvalue weighted by Crippen LogP contribution is 2.26. The van der Waals surface area contributed by atoms with Crippen LogP contribution < -0.4 is 0 Å². The molecule has 2 heterocycles. The Morgan fingerprint density at radius 3 is 2.61 bits per heavy atom. The molecule has 1 N–H and O–H groups in total. The smallest absolute Gasteiger partial charge is 0.356 e. The molecule has 1 aliphatic heterocycles. The Morgan fingerprint density at radius 1 is 1.30 bits per heavy atom. The molecule has 0 saturated heterocycles. The zero-order chi connectivity index (χ0) is 16.6. The maximum absolute atomic E-state index is 12.1. The number of para-hydroxylation sites is 1. The highest BCUT2D eigenvalue weighted by atomic mass is 35.5. The summed E-state index contributed by atoms with van der Waals surface area (Å²) < 4.78 is 1.66. The number of nitrogens with zero attached hydrogens (tertiary/aromatic N) is 3. The van der Waals surface area contributed by atoms with Crippen LogP contribution in [0.2, 0.25) is 0 Å². The summed E-state index contributed by atoms with van der Waals surface area (Å²) in [5.74, 6) is -1.29. The number of carbonyl (C=O) groups is 2. The van der Waals surface area contributed by atoms with Crippen LogP contribution in [0.15, 0.2) is 30.3 Å². The monoisotopic (exact) mass is 333 g/mol. The first-order chi connectivity index (χ1) is 11.0. The van der Waals surface area contributed by atoms with Crippen LogP contribution in [-0.4, -0.2) is 43.6 Å². The number of alkyl halides is 1. The number of fused-ring (bicyclic) bond motifs is 1. The van der Waals surface area contributed by atoms with E-state index in [4.69, 9.17) is 11.6 Å². The van der Waals surface area contributed by atoms with Gasteiger partial charge in [0.25, 0.3) is 0 Å². The van der Waals surface area contributed by atoms with E-state index in [9.17, 15) is 14.7 Å². The maximum atomic E-state index is 12.1. The molecule has 2 aromatic rings. The highest BCUT2D eigenvalue weighted by Gasteiger charge is 2.31. The highest BCUT2D eigenvalue weighted by molar-refractivity contribution is 6.30. The Hall–Kier alpha value is -2.34. The first-order valence-electron chi connectivity index (χ1n) is 7.31. The van der Waals surface area contributed by atoms with Crippen molar-refractivity contribution in [2.24, 2.45) is 0 Å². The lowest BCUT2D eigenvalue weighted by Gasteiger charge is -2.28. The minimum Gasteiger partial charge on any atom is -0.476 e. The van der Waals surface area contributed by atoms with E-state index in [-0.39, 0.29) is 18.1 Å². The molecular weight excluding hydrogens is 318 g/mol. The molecule has 1 aliphatic rings. The van der Waals surface area contributed by atoms with Crippen LogP contribution in [0.5, 0.6) is 0 Å². The van der Waals surface area contributed by atoms with Crippen molar-refractivity contribution in [2.75, 3.05) is 6.54 Å². The Bertz CT molecular complexity index is 755. The first-order valence-corrected chi connectivity index (χ1v) is 7.75. The van der Waals surface area contributed by atoms with E-state index < -0.39 is 11.3 Å². The number of hydrogen-bond acceptors (Lipinski definition) is 3. The Kier molecular flexibility index (Phi) is 4.09. The minimum atomic E-state index is -1.09. The summed E-state index contributed by atoms with van der Waals surface area (Å²) in [5.41, 5.74) is 2.21. The fourth-order valence-corrected chi connectivity index (χ4v) is 2.95. The number of halogens is 1. The van der Waals surface area contributed by atoms with Crippen molar-refractivity contribution >= 4 is 23.5 Å². The van der Waals surface area contributed by atoms with E-state index >= 15 is 0 Å². The SMILES string of the molecule is CC(Cl)C(=O)N1CCc2c(c(C(=O)O)nn2-c2ccccc2)C1. The molecule has 0 radical (unpaired) electrons. The van der Waals surface area contributed by atoms with Crippen LogP contribution in [0, 0.1) is 0 Å². The minimum absolute atomic E-state index is 0.0106. The van der Waals surface area contributed by atoms with Crippen LogP contribution in [0.4, 0.5) is 0 Å². The Labute approximate surface area is 138 Å². The molecule has 1 atom stereocenters. The van der Waals surface area contributed by atoms with Crippen molar-refractivity contribution in [1.29, 1.82) is 0 Å². The number of carboxylic acids is 1. The Balaban J connectivity index is 2.04. The largest absolute Gasteiger partial charge is 0.476 e. The van der Waals surface area contributed by atoms with Gasteiger partial charge in [-0.15, -0.1) is 11.6 Å². The number of aromatic nitrogens is 2. The Morgan fingerprint density at radius 2 is 2.00 bits per heavy atom. The molecule has 1 aromatic carbocycles. The van der Waals surface area contributed by atoms with E-state index in [1.807, 2.05) is 30.3 Å². The molecule has 0 fully saturated rings. The average molecular weight is 334 g/mol. The third-order valence-corrected chi connectivity index (χ3v) is 4.10. The molecule has 0 saturated carbocycles. The summed E-state index contributed by atoms with van der Waals surface area (Å²) in [5, 5.41) is 13.0. The third-order valence-electron chi connectivity index (χ3n) is 3.91. The molecule has 0 aliphatic carbocycles. The van der Waals surface area contributed by atoms with Crippen molar-refractivity contribution < 1.29 is 14.7 Å². The summed E-state index contributed by atoms with van der Waals surface area (Å²) in [7, 11) is 0. The standard InChI is InChI=1S/C16H16ClN3O3/c1-10(17)15(21)19-8-7-13-12(9-19)14(16(22)23)18-20(13)11-5-3-2-4-6-11/h2-6,10H,7-9H2,1H3,(H,22,23). The van der Waals surface area contributed by atoms with Gasteiger partial charge < -0.3 is 10.0 Å². The lowest BCUT2D eigenvalue weighted by Crippen LogP contribution is -2.40. The fraction of sp³-hybridized carbons (Fsp3) is 0.312. The summed E-state index contributed by atoms with van der Waals surface area (Å²) in [6.45, 7) is 2.34. The van der Waals surface area contributed by atoms with E-state index in [0.717, 1.165) is 11.4 Å². The van der Waals surface area contributed by atoms with Gasteiger partial charge in [0, 0.05) is 25.1 Å². The molecule has 23 heavy (non-hydrogen) atoms. The van der Waals surface area contributed by atoms with Crippen LogP contribution in [0.1, 0.15) is 28.7 Å². The fourth-order valence-electron chi connectivity index (χ4n) is 2.81. The van der Waals surface area contributed by atoms with Crippen LogP contribution >= 0.6 is 11.6 Å². The number of benzene rings is 1. The lowest BCUT2D eigenvalue weighted by molar-refractivity contribution is -0.131. The quantitative estimate of drug-likeness (QED) is 0.873. The molecular formula is C16H16ClN3O3. The topological polar surface area (TPSA) is 75.4 Å². The molecule has 7 heteroatoms. The molecule has 1 aromatic heterocycles. The van der Waals surface area contributed by atoms with Gasteiger partial charge in [0.1, 0.15) is 5.38 Å². The van der Waals surface area contributed by atoms with Crippen LogP contribution in [0.25, 0.3) is 5.69 Å². The van der Waals surface area contributed by atoms with Crippen LogP contribution in [0.3, 0.4) is 0 Å². The van der Waals surface area contributed by atoms with Gasteiger partial charge >= 0.3 is 5.97 Å². The number of aromatic carboxylic acids is 1. The van der Waals surface area contributed by atoms with E-state index in [1.165, 1.54) is 0 Å². The van der Waals surface area contributed by atoms with Crippen molar-refractivity contribution in [3.05, 3.63) is 47.3 Å². The summed E-state index contributed by atoms with van der Waals surface area (Å²) in [6.07, 6.45) is 0.542. The van der Waals surface area contributed by atoms with Gasteiger partial charge in [0.2, 0.25) is 5.91 Å². The maximum Gasteiger partial charge on any atom is 0.356 e. The second-order valence-corrected chi connectivity index (χ2v) is 6.11. The van der Waals surface area contributed by atoms with Gasteiger partial charge in [-0.25, -0.2) is 9.48 Å². The number of rotatable bonds is 3. The number of carbonyl (C=O) groups excluding carboxylic acids is 1. The summed E-state index contributed by atoms with van der Waals surface area (Å²) >= 11 is 5.86. The predicted octanol–water partition coefficient (Wildman–Crippen LogP) is 2.08. The zero-order valence-electron chi connectivity index (χ0n) is 12.6. The van der Waals surface area contributed by atoms with E-state index in [1.54, 1.807) is 16.5 Å². The normalized spacial score (nSPS) is 15.1. The van der Waals surface area contributed by atoms with Crippen LogP contribution in [-0.2, 0) is 17.8 Å². The third kappa shape index (κ3) is 2.82. The van der Waals surface area contributed by atoms with Gasteiger partial charge in [-0.05, 0) is 19.1 Å². The summed E-state index contributed by atoms with van der Waals surface area (Å²) in [4.78, 5) is 25.2. The van der Waals surface area contributed by atoms with Gasteiger partial charge in [0.05, 0.1) is 11.4 Å². The van der Waals surface area contributed by atoms with E-state index in [2.05, 4.69) is 5.10 Å². The molecule has 0 bridgehead atoms. The van der Waals surface area contributed by atoms with Gasteiger partial charge in [-0.1, -0.05) is 18.2 Å². The number of carboxylic acid groups (broad SMARTS) is 1. The molecule has 120 valence electrons. The predicted molar refractivity (Wildman–Crippen MR) is 85.0 cm³/mol. The molecule has 1 amide bonds. The summed E-state index contributed by atoms with van der Waals surface area (Å²) in [6, 6.07) is 9.38. The van der Waals surface area contributed by atoms with Gasteiger partial charge in [0.15, 0.2) is 5.69 Å². The molecule has 3 rings (SSSR count). The lowest BCUT2D eigenvalue weighted by atomic mass is 10.0. The number of hydrogen-bond donors (Lipinski definition) is 1. The molecule has 6 nitrogen and oxygen atoms in total. The first kappa shape index (κ1) is 15.6. The number of amides is 1. The van der Waals surface area contributed by atoms with E-state index in [0.29, 0.717) is 18.5 Å². The van der Waals surface area contributed by atoms with Crippen molar-refractivity contribution in [1.82, 2.24) is 14.7 Å². The van der Waals surface area contributed by atoms with Crippen molar-refractivity contribution in [3.8, 4) is 5.69 Å². The van der Waals surface area contributed by atoms with Gasteiger partial charge in [-0.3, -0.25) is 4.79 Å². The van der Waals surface area contributed by atoms with Crippen molar-refractivity contribution in [2.45, 2.75) is 25.3 Å².